The van der Waals surface area contributed by atoms with Gasteiger partial charge in [0.1, 0.15) is 11.6 Å². The van der Waals surface area contributed by atoms with Gasteiger partial charge in [-0.05, 0) is 45.7 Å². The van der Waals surface area contributed by atoms with E-state index in [2.05, 4.69) is 4.90 Å². The van der Waals surface area contributed by atoms with Gasteiger partial charge in [-0.3, -0.25) is 9.69 Å². The minimum atomic E-state index is -0.523. The molecule has 7 heteroatoms. The van der Waals surface area contributed by atoms with E-state index in [-0.39, 0.29) is 24.9 Å². The summed E-state index contributed by atoms with van der Waals surface area (Å²) < 4.78 is 16.1. The molecule has 1 amide bonds. The Labute approximate surface area is 167 Å². The van der Waals surface area contributed by atoms with Gasteiger partial charge in [0.05, 0.1) is 6.61 Å². The summed E-state index contributed by atoms with van der Waals surface area (Å²) >= 11 is 0. The summed E-state index contributed by atoms with van der Waals surface area (Å²) in [6, 6.07) is 9.46. The summed E-state index contributed by atoms with van der Waals surface area (Å²) in [4.78, 5) is 28.0. The topological polar surface area (TPSA) is 68.3 Å². The van der Waals surface area contributed by atoms with Gasteiger partial charge in [-0.1, -0.05) is 30.3 Å². The van der Waals surface area contributed by atoms with Gasteiger partial charge in [0.2, 0.25) is 0 Å². The molecule has 28 heavy (non-hydrogen) atoms. The van der Waals surface area contributed by atoms with Gasteiger partial charge in [-0.25, -0.2) is 4.79 Å². The van der Waals surface area contributed by atoms with Gasteiger partial charge < -0.3 is 19.1 Å². The molecule has 1 saturated heterocycles. The molecule has 1 aromatic rings. The van der Waals surface area contributed by atoms with Crippen LogP contribution in [0.25, 0.3) is 0 Å². The van der Waals surface area contributed by atoms with Crippen LogP contribution in [0.4, 0.5) is 4.79 Å². The highest BCUT2D eigenvalue weighted by Crippen LogP contribution is 2.18. The zero-order chi connectivity index (χ0) is 20.6. The third kappa shape index (κ3) is 7.48. The van der Waals surface area contributed by atoms with Crippen molar-refractivity contribution in [3.05, 3.63) is 35.9 Å². The zero-order valence-corrected chi connectivity index (χ0v) is 17.3. The summed E-state index contributed by atoms with van der Waals surface area (Å²) in [5.41, 5.74) is 0.511. The largest absolute Gasteiger partial charge is 0.444 e. The van der Waals surface area contributed by atoms with Crippen LogP contribution in [0.1, 0.15) is 39.2 Å². The van der Waals surface area contributed by atoms with Crippen LogP contribution in [0.2, 0.25) is 0 Å². The Morgan fingerprint density at radius 1 is 1.21 bits per heavy atom. The highest BCUT2D eigenvalue weighted by Gasteiger charge is 2.32. The van der Waals surface area contributed by atoms with E-state index in [1.807, 2.05) is 51.1 Å². The first-order chi connectivity index (χ1) is 13.3. The zero-order valence-electron chi connectivity index (χ0n) is 17.3. The number of likely N-dealkylation sites (tertiary alicyclic amines) is 1. The van der Waals surface area contributed by atoms with Crippen LogP contribution in [-0.2, 0) is 25.6 Å². The Hall–Kier alpha value is -2.12. The summed E-state index contributed by atoms with van der Waals surface area (Å²) in [5.74, 6) is -0.273. The molecule has 0 N–H and O–H groups in total. The van der Waals surface area contributed by atoms with Gasteiger partial charge in [-0.2, -0.15) is 0 Å². The van der Waals surface area contributed by atoms with E-state index in [4.69, 9.17) is 14.2 Å². The number of hydrogen-bond donors (Lipinski definition) is 0. The fourth-order valence-corrected chi connectivity index (χ4v) is 3.00. The molecule has 0 aromatic heterocycles. The van der Waals surface area contributed by atoms with Gasteiger partial charge in [0.25, 0.3) is 0 Å². The maximum Gasteiger partial charge on any atom is 0.410 e. The molecule has 1 fully saturated rings. The number of carbonyl (C=O) groups excluding carboxylic acids is 2. The van der Waals surface area contributed by atoms with E-state index in [0.717, 1.165) is 24.9 Å². The second kappa shape index (κ2) is 10.4. The quantitative estimate of drug-likeness (QED) is 0.385. The second-order valence-electron chi connectivity index (χ2n) is 8.01. The van der Waals surface area contributed by atoms with E-state index in [0.29, 0.717) is 19.7 Å². The molecule has 1 aliphatic rings. The van der Waals surface area contributed by atoms with Crippen molar-refractivity contribution in [1.82, 2.24) is 9.80 Å². The minimum absolute atomic E-state index is 0.0596. The van der Waals surface area contributed by atoms with Crippen LogP contribution in [0.5, 0.6) is 0 Å². The lowest BCUT2D eigenvalue weighted by Crippen LogP contribution is -2.43. The van der Waals surface area contributed by atoms with Crippen molar-refractivity contribution in [3.8, 4) is 0 Å². The van der Waals surface area contributed by atoms with E-state index in [1.165, 1.54) is 4.90 Å². The molecule has 0 spiro atoms. The molecule has 0 aliphatic carbocycles. The summed E-state index contributed by atoms with van der Waals surface area (Å²) in [6.07, 6.45) is 1.33. The number of amides is 1. The van der Waals surface area contributed by atoms with Gasteiger partial charge >= 0.3 is 12.1 Å². The van der Waals surface area contributed by atoms with Crippen molar-refractivity contribution in [1.29, 1.82) is 0 Å². The maximum atomic E-state index is 12.4. The number of rotatable bonds is 8. The number of hydrogen-bond acceptors (Lipinski definition) is 6. The third-order valence-corrected chi connectivity index (χ3v) is 4.46. The van der Waals surface area contributed by atoms with E-state index >= 15 is 0 Å². The predicted octanol–water partition coefficient (Wildman–Crippen LogP) is 3.04. The monoisotopic (exact) mass is 392 g/mol. The number of nitrogens with zero attached hydrogens (tertiary/aromatic N) is 2. The minimum Gasteiger partial charge on any atom is -0.444 e. The van der Waals surface area contributed by atoms with Crippen molar-refractivity contribution in [3.63, 3.8) is 0 Å². The number of benzene rings is 1. The third-order valence-electron chi connectivity index (χ3n) is 4.46. The first kappa shape index (κ1) is 22.2. The molecule has 7 nitrogen and oxygen atoms in total. The Bertz CT molecular complexity index is 629. The van der Waals surface area contributed by atoms with Crippen molar-refractivity contribution >= 4 is 12.1 Å². The Morgan fingerprint density at radius 3 is 2.61 bits per heavy atom. The molecule has 2 rings (SSSR count). The van der Waals surface area contributed by atoms with E-state index in [9.17, 15) is 9.59 Å². The standard InChI is InChI=1S/C21H32N2O5/c1-21(2,3)28-20(25)22(4)13-14-23-12-8-11-18(23)19(24)27-16-26-15-17-9-6-5-7-10-17/h5-7,9-10,18H,8,11-16H2,1-4H3. The molecular formula is C21H32N2O5. The SMILES string of the molecule is CN(CCN1CCCC1C(=O)OCOCc1ccccc1)C(=O)OC(C)(C)C. The van der Waals surface area contributed by atoms with Crippen LogP contribution >= 0.6 is 0 Å². The van der Waals surface area contributed by atoms with Crippen LogP contribution in [0.3, 0.4) is 0 Å². The van der Waals surface area contributed by atoms with Crippen LogP contribution in [-0.4, -0.2) is 67.0 Å². The lowest BCUT2D eigenvalue weighted by molar-refractivity contribution is -0.162. The molecule has 1 atom stereocenters. The Balaban J connectivity index is 1.70. The molecule has 1 aromatic carbocycles. The summed E-state index contributed by atoms with van der Waals surface area (Å²) in [7, 11) is 1.70. The molecule has 0 bridgehead atoms. The Kier molecular flexibility index (Phi) is 8.26. The van der Waals surface area contributed by atoms with E-state index in [1.54, 1.807) is 7.05 Å². The van der Waals surface area contributed by atoms with Crippen LogP contribution < -0.4 is 0 Å². The maximum absolute atomic E-state index is 12.4. The average molecular weight is 392 g/mol. The number of ether oxygens (including phenoxy) is 3. The highest BCUT2D eigenvalue weighted by atomic mass is 16.7. The molecule has 0 saturated carbocycles. The van der Waals surface area contributed by atoms with Crippen LogP contribution in [0.15, 0.2) is 30.3 Å². The van der Waals surface area contributed by atoms with Crippen LogP contribution in [0, 0.1) is 0 Å². The number of carbonyl (C=O) groups is 2. The number of esters is 1. The average Bonchev–Trinajstić information content (AvgIpc) is 3.11. The summed E-state index contributed by atoms with van der Waals surface area (Å²) in [6.45, 7) is 7.76. The highest BCUT2D eigenvalue weighted by molar-refractivity contribution is 5.76. The van der Waals surface area contributed by atoms with Crippen molar-refractivity contribution in [2.24, 2.45) is 0 Å². The fourth-order valence-electron chi connectivity index (χ4n) is 3.00. The first-order valence-electron chi connectivity index (χ1n) is 9.73. The van der Waals surface area contributed by atoms with Crippen molar-refractivity contribution < 1.29 is 23.8 Å². The molecule has 0 radical (unpaired) electrons. The molecule has 1 heterocycles. The number of likely N-dealkylation sites (N-methyl/N-ethyl adjacent to an activating group) is 1. The molecule has 156 valence electrons. The summed E-state index contributed by atoms with van der Waals surface area (Å²) in [5, 5.41) is 0. The normalized spacial score (nSPS) is 17.4. The smallest absolute Gasteiger partial charge is 0.410 e. The molecule has 1 aliphatic heterocycles. The second-order valence-corrected chi connectivity index (χ2v) is 8.01. The van der Waals surface area contributed by atoms with Gasteiger partial charge in [0, 0.05) is 20.1 Å². The molecule has 1 unspecified atom stereocenters. The van der Waals surface area contributed by atoms with Gasteiger partial charge in [0.15, 0.2) is 6.79 Å². The lowest BCUT2D eigenvalue weighted by Gasteiger charge is -2.28. The van der Waals surface area contributed by atoms with E-state index < -0.39 is 5.60 Å². The predicted molar refractivity (Wildman–Crippen MR) is 106 cm³/mol. The molecular weight excluding hydrogens is 360 g/mol. The first-order valence-corrected chi connectivity index (χ1v) is 9.73. The van der Waals surface area contributed by atoms with Gasteiger partial charge in [-0.15, -0.1) is 0 Å². The van der Waals surface area contributed by atoms with Crippen molar-refractivity contribution in [2.45, 2.75) is 51.9 Å². The lowest BCUT2D eigenvalue weighted by atomic mass is 10.2. The van der Waals surface area contributed by atoms with Crippen molar-refractivity contribution in [2.75, 3.05) is 33.5 Å². The fraction of sp³-hybridized carbons (Fsp3) is 0.619. The Morgan fingerprint density at radius 2 is 1.93 bits per heavy atom.